The Balaban J connectivity index is 1.15. The topological polar surface area (TPSA) is 114 Å². The number of nitrogens with zero attached hydrogens (tertiary/aromatic N) is 2. The summed E-state index contributed by atoms with van der Waals surface area (Å²) in [6.45, 7) is 0.219. The van der Waals surface area contributed by atoms with Gasteiger partial charge < -0.3 is 29.3 Å². The lowest BCUT2D eigenvalue weighted by Gasteiger charge is -2.38. The summed E-state index contributed by atoms with van der Waals surface area (Å²) in [7, 11) is 0. The van der Waals surface area contributed by atoms with E-state index in [-0.39, 0.29) is 36.4 Å². The lowest BCUT2D eigenvalue weighted by atomic mass is 9.99. The third-order valence-corrected chi connectivity index (χ3v) is 8.68. The van der Waals surface area contributed by atoms with E-state index in [2.05, 4.69) is 15.2 Å². The molecular formula is C29H26Cl2F3N3O6. The van der Waals surface area contributed by atoms with Crippen LogP contribution in [0.15, 0.2) is 40.9 Å². The Hall–Kier alpha value is -3.48. The third-order valence-electron chi connectivity index (χ3n) is 8.05. The molecule has 0 radical (unpaired) electrons. The van der Waals surface area contributed by atoms with Gasteiger partial charge in [-0.3, -0.25) is 0 Å². The van der Waals surface area contributed by atoms with Crippen LogP contribution in [0.4, 0.5) is 23.7 Å². The number of benzene rings is 2. The predicted octanol–water partition coefficient (Wildman–Crippen LogP) is 7.87. The lowest BCUT2D eigenvalue weighted by molar-refractivity contribution is -0.274. The van der Waals surface area contributed by atoms with Crippen molar-refractivity contribution in [2.45, 2.75) is 75.6 Å². The number of carboxylic acid groups (broad SMARTS) is 1. The third kappa shape index (κ3) is 6.27. The van der Waals surface area contributed by atoms with Crippen LogP contribution in [0.1, 0.15) is 66.1 Å². The molecule has 9 nitrogen and oxygen atoms in total. The Morgan fingerprint density at radius 3 is 2.35 bits per heavy atom. The van der Waals surface area contributed by atoms with E-state index in [0.29, 0.717) is 47.0 Å². The number of anilines is 1. The van der Waals surface area contributed by atoms with Gasteiger partial charge in [0, 0.05) is 29.1 Å². The first-order chi connectivity index (χ1) is 20.5. The first kappa shape index (κ1) is 29.6. The van der Waals surface area contributed by atoms with Crippen LogP contribution in [-0.4, -0.2) is 51.7 Å². The number of urea groups is 1. The Morgan fingerprint density at radius 1 is 1.07 bits per heavy atom. The number of hydrogen-bond acceptors (Lipinski definition) is 6. The van der Waals surface area contributed by atoms with E-state index in [1.165, 1.54) is 0 Å². The summed E-state index contributed by atoms with van der Waals surface area (Å²) in [6, 6.07) is 7.14. The average Bonchev–Trinajstić information content (AvgIpc) is 3.64. The molecule has 2 aliphatic heterocycles. The molecule has 3 aliphatic rings. The number of amides is 2. The van der Waals surface area contributed by atoms with Crippen molar-refractivity contribution in [3.63, 3.8) is 0 Å². The van der Waals surface area contributed by atoms with Crippen molar-refractivity contribution in [3.8, 4) is 17.0 Å². The zero-order chi connectivity index (χ0) is 30.5. The van der Waals surface area contributed by atoms with Gasteiger partial charge in [-0.1, -0.05) is 34.4 Å². The van der Waals surface area contributed by atoms with Gasteiger partial charge in [0.15, 0.2) is 5.75 Å². The summed E-state index contributed by atoms with van der Waals surface area (Å²) >= 11 is 12.9. The number of nitrogens with one attached hydrogen (secondary N) is 1. The molecule has 1 saturated carbocycles. The number of piperidine rings is 1. The summed E-state index contributed by atoms with van der Waals surface area (Å²) in [5, 5.41) is 16.8. The fourth-order valence-electron chi connectivity index (χ4n) is 5.99. The van der Waals surface area contributed by atoms with Crippen molar-refractivity contribution in [2.24, 2.45) is 0 Å². The van der Waals surface area contributed by atoms with Gasteiger partial charge >= 0.3 is 18.4 Å². The van der Waals surface area contributed by atoms with Crippen molar-refractivity contribution in [2.75, 3.05) is 5.32 Å². The molecule has 14 heteroatoms. The quantitative estimate of drug-likeness (QED) is 0.258. The zero-order valence-electron chi connectivity index (χ0n) is 22.5. The number of hydrogen-bond donors (Lipinski definition) is 2. The minimum atomic E-state index is -5.08. The van der Waals surface area contributed by atoms with Gasteiger partial charge in [-0.2, -0.15) is 0 Å². The van der Waals surface area contributed by atoms with Crippen LogP contribution in [0, 0.1) is 0 Å². The number of carbonyl (C=O) groups excluding carboxylic acids is 1. The van der Waals surface area contributed by atoms with Crippen molar-refractivity contribution in [3.05, 3.63) is 63.3 Å². The molecule has 6 rings (SSSR count). The molecule has 1 aliphatic carbocycles. The maximum atomic E-state index is 13.3. The van der Waals surface area contributed by atoms with Crippen LogP contribution in [0.5, 0.6) is 5.75 Å². The van der Waals surface area contributed by atoms with E-state index in [0.717, 1.165) is 42.4 Å². The molecule has 2 aromatic carbocycles. The zero-order valence-corrected chi connectivity index (χ0v) is 24.0. The van der Waals surface area contributed by atoms with Crippen LogP contribution >= 0.6 is 23.2 Å². The molecule has 2 N–H and O–H groups in total. The summed E-state index contributed by atoms with van der Waals surface area (Å²) in [6.07, 6.45) is -0.802. The molecule has 3 heterocycles. The highest BCUT2D eigenvalue weighted by Crippen LogP contribution is 2.47. The number of aromatic carboxylic acids is 1. The van der Waals surface area contributed by atoms with Gasteiger partial charge in [-0.05, 0) is 68.9 Å². The van der Waals surface area contributed by atoms with Crippen molar-refractivity contribution >= 4 is 40.9 Å². The molecule has 3 atom stereocenters. The maximum absolute atomic E-state index is 13.3. The van der Waals surface area contributed by atoms with E-state index in [4.69, 9.17) is 37.6 Å². The van der Waals surface area contributed by atoms with Gasteiger partial charge in [0.25, 0.3) is 0 Å². The van der Waals surface area contributed by atoms with E-state index in [1.54, 1.807) is 23.1 Å². The molecule has 2 unspecified atom stereocenters. The monoisotopic (exact) mass is 639 g/mol. The summed E-state index contributed by atoms with van der Waals surface area (Å²) in [4.78, 5) is 26.2. The highest BCUT2D eigenvalue weighted by molar-refractivity contribution is 6.39. The second-order valence-electron chi connectivity index (χ2n) is 10.9. The number of ether oxygens (including phenoxy) is 2. The molecule has 1 aromatic heterocycles. The Labute approximate surface area is 253 Å². The van der Waals surface area contributed by atoms with Gasteiger partial charge in [-0.25, -0.2) is 9.59 Å². The molecule has 2 saturated heterocycles. The SMILES string of the molecule is O=C(O)c1ccc(NC(=O)N2C3CC[C@H]2CC(OCc2c(-c4c(Cl)cccc4Cl)noc2C2CC2)C3)c(OC(F)(F)F)c1. The molecule has 3 aromatic rings. The summed E-state index contributed by atoms with van der Waals surface area (Å²) < 4.78 is 55.1. The second kappa shape index (κ2) is 11.5. The molecule has 0 spiro atoms. The van der Waals surface area contributed by atoms with Crippen LogP contribution < -0.4 is 10.1 Å². The summed E-state index contributed by atoms with van der Waals surface area (Å²) in [5.74, 6) is -1.21. The highest BCUT2D eigenvalue weighted by atomic mass is 35.5. The lowest BCUT2D eigenvalue weighted by Crippen LogP contribution is -2.50. The maximum Gasteiger partial charge on any atom is 0.573 e. The molecule has 2 amide bonds. The number of alkyl halides is 3. The van der Waals surface area contributed by atoms with Crippen molar-refractivity contribution in [1.82, 2.24) is 10.1 Å². The normalized spacial score (nSPS) is 21.6. The average molecular weight is 640 g/mol. The first-order valence-corrected chi connectivity index (χ1v) is 14.5. The number of halogens is 5. The smallest absolute Gasteiger partial charge is 0.478 e. The van der Waals surface area contributed by atoms with E-state index >= 15 is 0 Å². The fraction of sp³-hybridized carbons (Fsp3) is 0.414. The van der Waals surface area contributed by atoms with Gasteiger partial charge in [-0.15, -0.1) is 13.2 Å². The minimum Gasteiger partial charge on any atom is -0.478 e. The van der Waals surface area contributed by atoms with E-state index < -0.39 is 29.7 Å². The summed E-state index contributed by atoms with van der Waals surface area (Å²) in [5.41, 5.74) is 1.23. The van der Waals surface area contributed by atoms with Crippen LogP contribution in [0.2, 0.25) is 10.0 Å². The molecule has 43 heavy (non-hydrogen) atoms. The highest BCUT2D eigenvalue weighted by Gasteiger charge is 2.44. The van der Waals surface area contributed by atoms with Crippen molar-refractivity contribution in [1.29, 1.82) is 0 Å². The number of fused-ring (bicyclic) bond motifs is 2. The fourth-order valence-corrected chi connectivity index (χ4v) is 6.57. The number of rotatable bonds is 8. The molecule has 228 valence electrons. The number of carbonyl (C=O) groups is 2. The molecule has 2 bridgehead atoms. The molecular weight excluding hydrogens is 614 g/mol. The van der Waals surface area contributed by atoms with E-state index in [9.17, 15) is 22.8 Å². The van der Waals surface area contributed by atoms with Gasteiger partial charge in [0.2, 0.25) is 0 Å². The Morgan fingerprint density at radius 2 is 1.74 bits per heavy atom. The van der Waals surface area contributed by atoms with Crippen molar-refractivity contribution < 1.29 is 41.9 Å². The molecule has 3 fully saturated rings. The number of carboxylic acids is 1. The minimum absolute atomic E-state index is 0.183. The van der Waals surface area contributed by atoms with E-state index in [1.807, 2.05) is 0 Å². The van der Waals surface area contributed by atoms with Crippen LogP contribution in [0.25, 0.3) is 11.3 Å². The Kier molecular flexibility index (Phi) is 7.95. The van der Waals surface area contributed by atoms with Gasteiger partial charge in [0.05, 0.1) is 34.0 Å². The first-order valence-electron chi connectivity index (χ1n) is 13.7. The second-order valence-corrected chi connectivity index (χ2v) is 11.8. The van der Waals surface area contributed by atoms with Crippen LogP contribution in [-0.2, 0) is 11.3 Å². The Bertz CT molecular complexity index is 1530. The van der Waals surface area contributed by atoms with Crippen LogP contribution in [0.3, 0.4) is 0 Å². The largest absolute Gasteiger partial charge is 0.573 e. The van der Waals surface area contributed by atoms with Gasteiger partial charge in [0.1, 0.15) is 11.5 Å². The number of aromatic nitrogens is 1. The standard InChI is InChI=1S/C29H26Cl2F3N3O6/c30-20-2-1-3-21(31)24(20)25-19(26(43-36-25)14-4-5-14)13-41-18-11-16-7-8-17(12-18)37(16)28(40)35-22-9-6-15(27(38)39)10-23(22)42-29(32,33)34/h1-3,6,9-10,14,16-18H,4-5,7-8,11-13H2,(H,35,40)(H,38,39)/t16-,17?,18?/m0/s1. The predicted molar refractivity (Wildman–Crippen MR) is 149 cm³/mol.